The highest BCUT2D eigenvalue weighted by Gasteiger charge is 2.52. The molecule has 0 radical (unpaired) electrons. The number of rotatable bonds is 3. The normalized spacial score (nSPS) is 20.2. The molecule has 0 unspecified atom stereocenters. The van der Waals surface area contributed by atoms with Gasteiger partial charge in [-0.25, -0.2) is 4.39 Å². The molecule has 0 spiro atoms. The molecule has 1 aromatic rings. The van der Waals surface area contributed by atoms with Crippen molar-refractivity contribution >= 4 is 18.9 Å². The Morgan fingerprint density at radius 2 is 1.75 bits per heavy atom. The highest BCUT2D eigenvalue weighted by molar-refractivity contribution is 6.62. The van der Waals surface area contributed by atoms with Crippen molar-refractivity contribution in [1.29, 1.82) is 0 Å². The summed E-state index contributed by atoms with van der Waals surface area (Å²) in [4.78, 5) is 11.0. The Kier molecular flexibility index (Phi) is 3.78. The summed E-state index contributed by atoms with van der Waals surface area (Å²) in [6.45, 7) is 9.50. The average molecular weight is 278 g/mol. The largest absolute Gasteiger partial charge is 0.497 e. The van der Waals surface area contributed by atoms with Crippen LogP contribution in [0, 0.1) is 5.82 Å². The summed E-state index contributed by atoms with van der Waals surface area (Å²) in [6, 6.07) is 3.07. The van der Waals surface area contributed by atoms with Crippen molar-refractivity contribution in [3.63, 3.8) is 0 Å². The van der Waals surface area contributed by atoms with E-state index < -0.39 is 18.3 Å². The molecule has 3 nitrogen and oxygen atoms in total. The first-order valence-electron chi connectivity index (χ1n) is 6.85. The Labute approximate surface area is 119 Å². The molecule has 0 saturated carbocycles. The van der Waals surface area contributed by atoms with Crippen LogP contribution in [0.1, 0.15) is 50.5 Å². The van der Waals surface area contributed by atoms with Gasteiger partial charge >= 0.3 is 7.12 Å². The van der Waals surface area contributed by atoms with Crippen LogP contribution in [0.3, 0.4) is 0 Å². The van der Waals surface area contributed by atoms with Gasteiger partial charge in [0, 0.05) is 11.0 Å². The smallest absolute Gasteiger partial charge is 0.399 e. The summed E-state index contributed by atoms with van der Waals surface area (Å²) in [6.07, 6.45) is 1.23. The number of carbonyl (C=O) groups excluding carboxylic acids is 1. The van der Waals surface area contributed by atoms with E-state index >= 15 is 0 Å². The van der Waals surface area contributed by atoms with Gasteiger partial charge in [-0.3, -0.25) is 4.79 Å². The second-order valence-corrected chi connectivity index (χ2v) is 6.14. The van der Waals surface area contributed by atoms with E-state index in [-0.39, 0.29) is 5.82 Å². The van der Waals surface area contributed by atoms with E-state index in [1.165, 1.54) is 6.07 Å². The third kappa shape index (κ3) is 2.40. The molecule has 1 saturated heterocycles. The van der Waals surface area contributed by atoms with E-state index in [0.29, 0.717) is 29.3 Å². The highest BCUT2D eigenvalue weighted by atomic mass is 19.1. The van der Waals surface area contributed by atoms with Crippen LogP contribution in [0.4, 0.5) is 4.39 Å². The molecule has 1 aliphatic heterocycles. The zero-order chi connectivity index (χ0) is 15.1. The van der Waals surface area contributed by atoms with E-state index in [1.54, 1.807) is 6.07 Å². The third-order valence-electron chi connectivity index (χ3n) is 4.22. The van der Waals surface area contributed by atoms with Gasteiger partial charge in [0.25, 0.3) is 0 Å². The van der Waals surface area contributed by atoms with E-state index in [2.05, 4.69) is 0 Å². The van der Waals surface area contributed by atoms with Crippen molar-refractivity contribution in [2.45, 2.75) is 52.2 Å². The van der Waals surface area contributed by atoms with E-state index in [4.69, 9.17) is 9.31 Å². The number of aldehydes is 1. The standard InChI is InChI=1S/C15H20BFO3/c1-6-11-7-10(9-18)8-12(13(11)17)16-19-14(2,3)15(4,5)20-16/h7-9H,6H2,1-5H3. The molecule has 0 bridgehead atoms. The maximum Gasteiger partial charge on any atom is 0.497 e. The van der Waals surface area contributed by atoms with Gasteiger partial charge in [0.1, 0.15) is 12.1 Å². The van der Waals surface area contributed by atoms with Crippen molar-refractivity contribution < 1.29 is 18.5 Å². The van der Waals surface area contributed by atoms with Gasteiger partial charge in [-0.1, -0.05) is 6.92 Å². The van der Waals surface area contributed by atoms with E-state index in [9.17, 15) is 9.18 Å². The van der Waals surface area contributed by atoms with Gasteiger partial charge < -0.3 is 9.31 Å². The summed E-state index contributed by atoms with van der Waals surface area (Å²) in [7, 11) is -0.787. The van der Waals surface area contributed by atoms with Crippen molar-refractivity contribution in [2.24, 2.45) is 0 Å². The summed E-state index contributed by atoms with van der Waals surface area (Å²) in [5, 5.41) is 0. The molecular weight excluding hydrogens is 258 g/mol. The van der Waals surface area contributed by atoms with Crippen LogP contribution in [0.25, 0.3) is 0 Å². The first-order valence-corrected chi connectivity index (χ1v) is 6.85. The van der Waals surface area contributed by atoms with Crippen molar-refractivity contribution in [2.75, 3.05) is 0 Å². The maximum atomic E-state index is 14.5. The molecule has 2 rings (SSSR count). The average Bonchev–Trinajstić information content (AvgIpc) is 2.58. The molecule has 1 aliphatic rings. The van der Waals surface area contributed by atoms with Gasteiger partial charge in [0.05, 0.1) is 11.2 Å². The fourth-order valence-corrected chi connectivity index (χ4v) is 2.20. The van der Waals surface area contributed by atoms with Gasteiger partial charge in [-0.15, -0.1) is 0 Å². The number of halogens is 1. The molecule has 0 amide bonds. The van der Waals surface area contributed by atoms with E-state index in [1.807, 2.05) is 34.6 Å². The quantitative estimate of drug-likeness (QED) is 0.629. The van der Waals surface area contributed by atoms with Crippen LogP contribution < -0.4 is 5.46 Å². The van der Waals surface area contributed by atoms with Crippen LogP contribution in [0.2, 0.25) is 0 Å². The molecule has 0 aromatic heterocycles. The second kappa shape index (κ2) is 4.97. The summed E-state index contributed by atoms with van der Waals surface area (Å²) in [5.41, 5.74) is 0.166. The Hall–Kier alpha value is -1.20. The van der Waals surface area contributed by atoms with Crippen LogP contribution in [-0.2, 0) is 15.7 Å². The van der Waals surface area contributed by atoms with Crippen LogP contribution in [-0.4, -0.2) is 24.6 Å². The molecule has 0 aliphatic carbocycles. The number of benzene rings is 1. The molecule has 0 atom stereocenters. The Morgan fingerprint density at radius 1 is 1.20 bits per heavy atom. The topological polar surface area (TPSA) is 35.5 Å². The van der Waals surface area contributed by atoms with E-state index in [0.717, 1.165) is 0 Å². The third-order valence-corrected chi connectivity index (χ3v) is 4.22. The Morgan fingerprint density at radius 3 is 2.20 bits per heavy atom. The summed E-state index contributed by atoms with van der Waals surface area (Å²) in [5.74, 6) is -0.350. The predicted molar refractivity (Wildman–Crippen MR) is 76.9 cm³/mol. The monoisotopic (exact) mass is 278 g/mol. The van der Waals surface area contributed by atoms with Gasteiger partial charge in [-0.2, -0.15) is 0 Å². The molecule has 1 aromatic carbocycles. The van der Waals surface area contributed by atoms with Crippen molar-refractivity contribution in [1.82, 2.24) is 0 Å². The molecule has 1 heterocycles. The summed E-state index contributed by atoms with van der Waals surface area (Å²) >= 11 is 0. The van der Waals surface area contributed by atoms with Crippen LogP contribution >= 0.6 is 0 Å². The van der Waals surface area contributed by atoms with Gasteiger partial charge in [0.15, 0.2) is 0 Å². The number of hydrogen-bond donors (Lipinski definition) is 0. The van der Waals surface area contributed by atoms with Gasteiger partial charge in [-0.05, 0) is 51.8 Å². The highest BCUT2D eigenvalue weighted by Crippen LogP contribution is 2.36. The molecular formula is C15H20BFO3. The fourth-order valence-electron chi connectivity index (χ4n) is 2.20. The first-order chi connectivity index (χ1) is 9.21. The minimum atomic E-state index is -0.787. The number of hydrogen-bond acceptors (Lipinski definition) is 3. The molecule has 108 valence electrons. The Bertz CT molecular complexity index is 524. The minimum absolute atomic E-state index is 0.296. The Balaban J connectivity index is 2.47. The lowest BCUT2D eigenvalue weighted by atomic mass is 9.76. The zero-order valence-corrected chi connectivity index (χ0v) is 12.6. The number of carbonyl (C=O) groups is 1. The van der Waals surface area contributed by atoms with Crippen LogP contribution in [0.5, 0.6) is 0 Å². The number of aryl methyl sites for hydroxylation is 1. The van der Waals surface area contributed by atoms with Gasteiger partial charge in [0.2, 0.25) is 0 Å². The van der Waals surface area contributed by atoms with Crippen molar-refractivity contribution in [3.05, 3.63) is 29.1 Å². The maximum absolute atomic E-state index is 14.5. The summed E-state index contributed by atoms with van der Waals surface area (Å²) < 4.78 is 26.2. The molecule has 0 N–H and O–H groups in total. The van der Waals surface area contributed by atoms with Crippen molar-refractivity contribution in [3.8, 4) is 0 Å². The van der Waals surface area contributed by atoms with Crippen LogP contribution in [0.15, 0.2) is 12.1 Å². The fraction of sp³-hybridized carbons (Fsp3) is 0.533. The second-order valence-electron chi connectivity index (χ2n) is 6.14. The molecule has 20 heavy (non-hydrogen) atoms. The first kappa shape index (κ1) is 15.2. The molecule has 5 heteroatoms. The predicted octanol–water partition coefficient (Wildman–Crippen LogP) is 2.50. The lowest BCUT2D eigenvalue weighted by Gasteiger charge is -2.32. The lowest BCUT2D eigenvalue weighted by molar-refractivity contribution is 0.00578. The minimum Gasteiger partial charge on any atom is -0.399 e. The lowest BCUT2D eigenvalue weighted by Crippen LogP contribution is -2.41. The molecule has 1 fully saturated rings. The SMILES string of the molecule is CCc1cc(C=O)cc(B2OC(C)(C)C(C)(C)O2)c1F. The zero-order valence-electron chi connectivity index (χ0n) is 12.6.